The summed E-state index contributed by atoms with van der Waals surface area (Å²) in [7, 11) is 0. The first kappa shape index (κ1) is 18.0. The highest BCUT2D eigenvalue weighted by Gasteiger charge is 2.27. The number of hydrogen-bond acceptors (Lipinski definition) is 2. The maximum Gasteiger partial charge on any atom is 0.223 e. The van der Waals surface area contributed by atoms with Crippen molar-refractivity contribution >= 4 is 5.91 Å². The van der Waals surface area contributed by atoms with Gasteiger partial charge in [-0.1, -0.05) is 42.5 Å². The van der Waals surface area contributed by atoms with Crippen LogP contribution in [0.25, 0.3) is 11.1 Å². The Hall–Kier alpha value is -2.42. The highest BCUT2D eigenvalue weighted by molar-refractivity contribution is 5.77. The molecule has 2 heterocycles. The zero-order valence-corrected chi connectivity index (χ0v) is 16.1. The first-order valence-corrected chi connectivity index (χ1v) is 10.2. The number of amides is 1. The average Bonchev–Trinajstić information content (AvgIpc) is 3.21. The predicted octanol–water partition coefficient (Wildman–Crippen LogP) is 5.12. The smallest absolute Gasteiger partial charge is 0.223 e. The summed E-state index contributed by atoms with van der Waals surface area (Å²) in [4.78, 5) is 19.7. The second-order valence-corrected chi connectivity index (χ2v) is 7.94. The number of carbonyl (C=O) groups is 1. The third-order valence-electron chi connectivity index (χ3n) is 5.82. The summed E-state index contributed by atoms with van der Waals surface area (Å²) >= 11 is 0. The van der Waals surface area contributed by atoms with Crippen LogP contribution >= 0.6 is 0 Å². The minimum Gasteiger partial charge on any atom is -0.342 e. The number of allylic oxidation sites excluding steroid dienone is 2. The molecule has 1 saturated heterocycles. The van der Waals surface area contributed by atoms with Gasteiger partial charge in [-0.25, -0.2) is 0 Å². The summed E-state index contributed by atoms with van der Waals surface area (Å²) < 4.78 is 0. The Kier molecular flexibility index (Phi) is 5.38. The molecule has 0 radical (unpaired) electrons. The number of benzene rings is 1. The number of aromatic nitrogens is 1. The topological polar surface area (TPSA) is 33.2 Å². The fourth-order valence-corrected chi connectivity index (χ4v) is 4.36. The van der Waals surface area contributed by atoms with Crippen LogP contribution in [0.4, 0.5) is 0 Å². The van der Waals surface area contributed by atoms with Crippen molar-refractivity contribution in [3.8, 4) is 11.1 Å². The molecule has 27 heavy (non-hydrogen) atoms. The quantitative estimate of drug-likeness (QED) is 0.709. The van der Waals surface area contributed by atoms with E-state index in [9.17, 15) is 4.79 Å². The van der Waals surface area contributed by atoms with Gasteiger partial charge in [0.05, 0.1) is 0 Å². The zero-order chi connectivity index (χ0) is 18.6. The van der Waals surface area contributed by atoms with Gasteiger partial charge in [0.2, 0.25) is 5.91 Å². The van der Waals surface area contributed by atoms with E-state index in [0.717, 1.165) is 50.2 Å². The summed E-state index contributed by atoms with van der Waals surface area (Å²) in [5.74, 6) is 1.09. The second kappa shape index (κ2) is 8.08. The number of carbonyl (C=O) groups excluding carboxylic acids is 1. The molecule has 0 N–H and O–H groups in total. The van der Waals surface area contributed by atoms with Gasteiger partial charge in [0.15, 0.2) is 0 Å². The maximum atomic E-state index is 12.8. The minimum atomic E-state index is 0.312. The molecule has 140 valence electrons. The Balaban J connectivity index is 1.50. The van der Waals surface area contributed by atoms with E-state index < -0.39 is 0 Å². The Morgan fingerprint density at radius 1 is 1.15 bits per heavy atom. The second-order valence-electron chi connectivity index (χ2n) is 7.94. The molecule has 2 aliphatic rings. The zero-order valence-electron chi connectivity index (χ0n) is 16.1. The van der Waals surface area contributed by atoms with Gasteiger partial charge in [0.1, 0.15) is 0 Å². The minimum absolute atomic E-state index is 0.312. The fourth-order valence-electron chi connectivity index (χ4n) is 4.36. The summed E-state index contributed by atoms with van der Waals surface area (Å²) in [6.07, 6.45) is 9.51. The molecule has 3 heteroatoms. The third kappa shape index (κ3) is 4.29. The van der Waals surface area contributed by atoms with Crippen LogP contribution in [0, 0.1) is 12.8 Å². The van der Waals surface area contributed by atoms with Crippen molar-refractivity contribution in [1.29, 1.82) is 0 Å². The molecule has 2 atom stereocenters. The van der Waals surface area contributed by atoms with Gasteiger partial charge in [0.25, 0.3) is 0 Å². The van der Waals surface area contributed by atoms with Crippen molar-refractivity contribution in [1.82, 2.24) is 9.88 Å². The van der Waals surface area contributed by atoms with Crippen molar-refractivity contribution in [2.45, 2.75) is 44.9 Å². The molecule has 0 saturated carbocycles. The van der Waals surface area contributed by atoms with Gasteiger partial charge in [0, 0.05) is 36.8 Å². The molecule has 1 amide bonds. The van der Waals surface area contributed by atoms with Gasteiger partial charge in [-0.15, -0.1) is 0 Å². The fraction of sp³-hybridized carbons (Fsp3) is 0.417. The van der Waals surface area contributed by atoms with Crippen molar-refractivity contribution in [3.63, 3.8) is 0 Å². The molecule has 0 bridgehead atoms. The van der Waals surface area contributed by atoms with Crippen LogP contribution in [-0.4, -0.2) is 28.9 Å². The van der Waals surface area contributed by atoms with E-state index in [4.69, 9.17) is 4.98 Å². The van der Waals surface area contributed by atoms with Crippen LogP contribution in [0.3, 0.4) is 0 Å². The molecular formula is C24H28N2O. The number of pyridine rings is 1. The lowest BCUT2D eigenvalue weighted by molar-refractivity contribution is -0.133. The molecule has 1 fully saturated rings. The number of aryl methyl sites for hydroxylation is 1. The third-order valence-corrected chi connectivity index (χ3v) is 5.82. The average molecular weight is 361 g/mol. The Bertz CT molecular complexity index is 828. The number of piperidine rings is 1. The predicted molar refractivity (Wildman–Crippen MR) is 109 cm³/mol. The first-order chi connectivity index (χ1) is 13.2. The molecule has 1 aliphatic heterocycles. The summed E-state index contributed by atoms with van der Waals surface area (Å²) in [6, 6.07) is 14.8. The van der Waals surface area contributed by atoms with E-state index in [1.807, 2.05) is 6.07 Å². The van der Waals surface area contributed by atoms with Crippen LogP contribution < -0.4 is 0 Å². The van der Waals surface area contributed by atoms with Crippen molar-refractivity contribution in [3.05, 3.63) is 66.0 Å². The highest BCUT2D eigenvalue weighted by Crippen LogP contribution is 2.30. The normalized spacial score (nSPS) is 22.2. The maximum absolute atomic E-state index is 12.8. The molecule has 4 rings (SSSR count). The molecule has 1 aliphatic carbocycles. The van der Waals surface area contributed by atoms with E-state index in [-0.39, 0.29) is 0 Å². The van der Waals surface area contributed by atoms with Gasteiger partial charge in [-0.05, 0) is 61.8 Å². The highest BCUT2D eigenvalue weighted by atomic mass is 16.2. The van der Waals surface area contributed by atoms with Gasteiger partial charge >= 0.3 is 0 Å². The van der Waals surface area contributed by atoms with Crippen molar-refractivity contribution in [2.75, 3.05) is 13.1 Å². The lowest BCUT2D eigenvalue weighted by Gasteiger charge is -2.33. The molecular weight excluding hydrogens is 332 g/mol. The molecule has 2 aromatic rings. The van der Waals surface area contributed by atoms with Crippen LogP contribution in [0.5, 0.6) is 0 Å². The molecule has 0 spiro atoms. The van der Waals surface area contributed by atoms with Gasteiger partial charge in [-0.3, -0.25) is 9.78 Å². The first-order valence-electron chi connectivity index (χ1n) is 10.2. The Morgan fingerprint density at radius 3 is 2.78 bits per heavy atom. The Labute approximate surface area is 162 Å². The summed E-state index contributed by atoms with van der Waals surface area (Å²) in [6.45, 7) is 3.76. The molecule has 1 aromatic heterocycles. The number of nitrogens with zero attached hydrogens (tertiary/aromatic N) is 2. The van der Waals surface area contributed by atoms with E-state index in [1.54, 1.807) is 0 Å². The lowest BCUT2D eigenvalue weighted by Crippen LogP contribution is -2.39. The van der Waals surface area contributed by atoms with Crippen LogP contribution in [0.15, 0.2) is 54.6 Å². The van der Waals surface area contributed by atoms with Crippen LogP contribution in [0.1, 0.15) is 49.4 Å². The van der Waals surface area contributed by atoms with Crippen LogP contribution in [0.2, 0.25) is 0 Å². The van der Waals surface area contributed by atoms with Crippen molar-refractivity contribution in [2.24, 2.45) is 5.92 Å². The summed E-state index contributed by atoms with van der Waals surface area (Å²) in [5.41, 5.74) is 4.62. The monoisotopic (exact) mass is 360 g/mol. The number of rotatable bonds is 4. The van der Waals surface area contributed by atoms with E-state index in [2.05, 4.69) is 60.4 Å². The standard InChI is InChI=1S/C24H28N2O/c1-18-14-22(20-10-3-2-4-11-20)16-23(25-18)21-12-7-13-26(17-21)24(27)15-19-8-5-6-9-19/h2-5,8,10-11,14,16,19,21H,6-7,9,12-13,15,17H2,1H3/t19-,21-/m0/s1. The van der Waals surface area contributed by atoms with E-state index >= 15 is 0 Å². The van der Waals surface area contributed by atoms with Gasteiger partial charge < -0.3 is 4.90 Å². The largest absolute Gasteiger partial charge is 0.342 e. The van der Waals surface area contributed by atoms with Crippen molar-refractivity contribution < 1.29 is 4.79 Å². The van der Waals surface area contributed by atoms with Crippen LogP contribution in [-0.2, 0) is 4.79 Å². The van der Waals surface area contributed by atoms with E-state index in [0.29, 0.717) is 24.2 Å². The molecule has 0 unspecified atom stereocenters. The Morgan fingerprint density at radius 2 is 2.00 bits per heavy atom. The molecule has 3 nitrogen and oxygen atoms in total. The SMILES string of the molecule is Cc1cc(-c2ccccc2)cc([C@H]2CCCN(C(=O)C[C@H]3C=CCC3)C2)n1. The number of likely N-dealkylation sites (tertiary alicyclic amines) is 1. The molecule has 1 aromatic carbocycles. The van der Waals surface area contributed by atoms with E-state index in [1.165, 1.54) is 11.1 Å². The summed E-state index contributed by atoms with van der Waals surface area (Å²) in [5, 5.41) is 0. The number of hydrogen-bond donors (Lipinski definition) is 0. The van der Waals surface area contributed by atoms with Gasteiger partial charge in [-0.2, -0.15) is 0 Å². The lowest BCUT2D eigenvalue weighted by atomic mass is 9.91.